The second-order valence-corrected chi connectivity index (χ2v) is 5.46. The maximum Gasteiger partial charge on any atom is 0.228 e. The summed E-state index contributed by atoms with van der Waals surface area (Å²) in [6.45, 7) is 3.91. The Labute approximate surface area is 148 Å². The van der Waals surface area contributed by atoms with Crippen LogP contribution in [-0.2, 0) is 11.2 Å². The Bertz CT molecular complexity index is 690. The monoisotopic (exact) mass is 350 g/mol. The van der Waals surface area contributed by atoms with Gasteiger partial charge in [-0.25, -0.2) is 0 Å². The van der Waals surface area contributed by atoms with E-state index in [-0.39, 0.29) is 30.8 Å². The summed E-state index contributed by atoms with van der Waals surface area (Å²) >= 11 is 0. The van der Waals surface area contributed by atoms with Crippen molar-refractivity contribution in [2.24, 2.45) is 0 Å². The van der Waals surface area contributed by atoms with Gasteiger partial charge in [-0.2, -0.15) is 0 Å². The van der Waals surface area contributed by atoms with Gasteiger partial charge < -0.3 is 20.5 Å². The molecule has 6 heteroatoms. The van der Waals surface area contributed by atoms with Crippen LogP contribution in [0, 0.1) is 0 Å². The first-order chi connectivity index (χ1) is 11.0. The number of nitrogens with two attached hydrogens (primary N) is 1. The van der Waals surface area contributed by atoms with Crippen molar-refractivity contribution in [3.63, 3.8) is 0 Å². The van der Waals surface area contributed by atoms with Crippen LogP contribution in [0.1, 0.15) is 19.4 Å². The lowest BCUT2D eigenvalue weighted by molar-refractivity contribution is -0.115. The van der Waals surface area contributed by atoms with Crippen molar-refractivity contribution in [3.8, 4) is 11.5 Å². The van der Waals surface area contributed by atoms with Crippen molar-refractivity contribution in [2.45, 2.75) is 26.4 Å². The van der Waals surface area contributed by atoms with E-state index >= 15 is 0 Å². The van der Waals surface area contributed by atoms with E-state index in [1.165, 1.54) is 0 Å². The molecule has 0 saturated heterocycles. The highest BCUT2D eigenvalue weighted by molar-refractivity contribution is 5.93. The molecule has 2 rings (SSSR count). The van der Waals surface area contributed by atoms with Gasteiger partial charge in [0, 0.05) is 11.3 Å². The van der Waals surface area contributed by atoms with Crippen LogP contribution in [-0.4, -0.2) is 19.1 Å². The third-order valence-corrected chi connectivity index (χ3v) is 3.20. The lowest BCUT2D eigenvalue weighted by Gasteiger charge is -2.14. The summed E-state index contributed by atoms with van der Waals surface area (Å²) in [4.78, 5) is 12.2. The van der Waals surface area contributed by atoms with Crippen molar-refractivity contribution in [2.75, 3.05) is 18.2 Å². The molecule has 0 bridgehead atoms. The van der Waals surface area contributed by atoms with Crippen molar-refractivity contribution >= 4 is 29.7 Å². The molecule has 3 N–H and O–H groups in total. The normalized spacial score (nSPS) is 10.0. The number of amides is 1. The summed E-state index contributed by atoms with van der Waals surface area (Å²) in [5.41, 5.74) is 7.81. The molecule has 0 saturated carbocycles. The van der Waals surface area contributed by atoms with E-state index in [1.807, 2.05) is 38.1 Å². The fraction of sp³-hybridized carbons (Fsp3) is 0.278. The molecule has 2 aromatic rings. The van der Waals surface area contributed by atoms with E-state index in [0.717, 1.165) is 11.3 Å². The van der Waals surface area contributed by atoms with Crippen LogP contribution < -0.4 is 20.5 Å². The molecule has 0 unspecified atom stereocenters. The van der Waals surface area contributed by atoms with Crippen LogP contribution in [0.25, 0.3) is 0 Å². The third-order valence-electron chi connectivity index (χ3n) is 3.20. The fourth-order valence-corrected chi connectivity index (χ4v) is 2.21. The summed E-state index contributed by atoms with van der Waals surface area (Å²) in [5.74, 6) is 1.18. The molecule has 2 aromatic carbocycles. The highest BCUT2D eigenvalue weighted by Crippen LogP contribution is 2.25. The summed E-state index contributed by atoms with van der Waals surface area (Å²) in [7, 11) is 1.55. The minimum atomic E-state index is -0.130. The van der Waals surface area contributed by atoms with Gasteiger partial charge in [-0.3, -0.25) is 4.79 Å². The lowest BCUT2D eigenvalue weighted by Crippen LogP contribution is -2.16. The Balaban J connectivity index is 0.00000288. The smallest absolute Gasteiger partial charge is 0.228 e. The van der Waals surface area contributed by atoms with Crippen molar-refractivity contribution < 1.29 is 14.3 Å². The average Bonchev–Trinajstić information content (AvgIpc) is 2.49. The highest BCUT2D eigenvalue weighted by Gasteiger charge is 2.11. The number of nitrogen functional groups attached to an aromatic ring is 1. The van der Waals surface area contributed by atoms with Gasteiger partial charge in [0.1, 0.15) is 11.5 Å². The van der Waals surface area contributed by atoms with Gasteiger partial charge >= 0.3 is 0 Å². The minimum absolute atomic E-state index is 0. The van der Waals surface area contributed by atoms with E-state index in [1.54, 1.807) is 25.3 Å². The van der Waals surface area contributed by atoms with Gasteiger partial charge in [0.25, 0.3) is 0 Å². The quantitative estimate of drug-likeness (QED) is 0.779. The third kappa shape index (κ3) is 5.35. The molecule has 0 radical (unpaired) electrons. The molecule has 0 aliphatic carbocycles. The molecule has 24 heavy (non-hydrogen) atoms. The van der Waals surface area contributed by atoms with Gasteiger partial charge in [0.2, 0.25) is 5.91 Å². The molecule has 5 nitrogen and oxygen atoms in total. The number of nitrogens with one attached hydrogen (secondary N) is 1. The zero-order valence-corrected chi connectivity index (χ0v) is 14.9. The Hall–Kier alpha value is -2.40. The maximum atomic E-state index is 12.2. The second kappa shape index (κ2) is 9.03. The molecule has 0 atom stereocenters. The Kier molecular flexibility index (Phi) is 7.39. The van der Waals surface area contributed by atoms with Gasteiger partial charge in [-0.1, -0.05) is 18.2 Å². The van der Waals surface area contributed by atoms with Crippen molar-refractivity contribution in [1.82, 2.24) is 0 Å². The first-order valence-corrected chi connectivity index (χ1v) is 7.47. The Morgan fingerprint density at radius 2 is 1.88 bits per heavy atom. The molecular formula is C18H23ClN2O3. The van der Waals surface area contributed by atoms with Crippen LogP contribution >= 0.6 is 12.4 Å². The second-order valence-electron chi connectivity index (χ2n) is 5.46. The number of methoxy groups -OCH3 is 1. The van der Waals surface area contributed by atoms with E-state index in [0.29, 0.717) is 17.1 Å². The first kappa shape index (κ1) is 19.6. The number of halogens is 1. The molecule has 0 fully saturated rings. The van der Waals surface area contributed by atoms with Crippen LogP contribution in [0.2, 0.25) is 0 Å². The highest BCUT2D eigenvalue weighted by atomic mass is 35.5. The topological polar surface area (TPSA) is 73.6 Å². The molecular weight excluding hydrogens is 328 g/mol. The van der Waals surface area contributed by atoms with Crippen LogP contribution in [0.4, 0.5) is 11.4 Å². The summed E-state index contributed by atoms with van der Waals surface area (Å²) in [6, 6.07) is 12.7. The zero-order valence-electron chi connectivity index (χ0n) is 14.0. The van der Waals surface area contributed by atoms with E-state index in [4.69, 9.17) is 15.2 Å². The molecule has 1 amide bonds. The Morgan fingerprint density at radius 3 is 2.50 bits per heavy atom. The number of benzene rings is 2. The number of para-hydroxylation sites is 1. The number of carbonyl (C=O) groups excluding carboxylic acids is 1. The van der Waals surface area contributed by atoms with E-state index in [2.05, 4.69) is 5.32 Å². The number of hydrogen-bond donors (Lipinski definition) is 2. The maximum absolute atomic E-state index is 12.2. The van der Waals surface area contributed by atoms with Crippen molar-refractivity contribution in [3.05, 3.63) is 48.0 Å². The molecule has 0 heterocycles. The summed E-state index contributed by atoms with van der Waals surface area (Å²) < 4.78 is 10.8. The molecule has 0 aliphatic rings. The largest absolute Gasteiger partial charge is 0.495 e. The standard InChI is InChI=1S/C18H22N2O3.ClH/c1-12(2)23-16-7-5-4-6-13(16)10-18(21)20-14-8-9-17(22-3)15(19)11-14;/h4-9,11-12H,10,19H2,1-3H3,(H,20,21);1H. The van der Waals surface area contributed by atoms with Crippen molar-refractivity contribution in [1.29, 1.82) is 0 Å². The number of ether oxygens (including phenoxy) is 2. The minimum Gasteiger partial charge on any atom is -0.495 e. The van der Waals surface area contributed by atoms with Gasteiger partial charge in [0.05, 0.1) is 25.3 Å². The number of anilines is 2. The number of rotatable bonds is 6. The summed E-state index contributed by atoms with van der Waals surface area (Å²) in [6.07, 6.45) is 0.287. The number of hydrogen-bond acceptors (Lipinski definition) is 4. The SMILES string of the molecule is COc1ccc(NC(=O)Cc2ccccc2OC(C)C)cc1N.Cl. The molecule has 130 valence electrons. The molecule has 0 aliphatic heterocycles. The Morgan fingerprint density at radius 1 is 1.17 bits per heavy atom. The lowest BCUT2D eigenvalue weighted by atomic mass is 10.1. The number of carbonyl (C=O) groups is 1. The molecule has 0 spiro atoms. The predicted octanol–water partition coefficient (Wildman–Crippen LogP) is 3.67. The van der Waals surface area contributed by atoms with Gasteiger partial charge in [-0.15, -0.1) is 12.4 Å². The van der Waals surface area contributed by atoms with Gasteiger partial charge in [-0.05, 0) is 38.1 Å². The van der Waals surface area contributed by atoms with Crippen LogP contribution in [0.3, 0.4) is 0 Å². The predicted molar refractivity (Wildman–Crippen MR) is 99.2 cm³/mol. The fourth-order valence-electron chi connectivity index (χ4n) is 2.21. The molecule has 0 aromatic heterocycles. The zero-order chi connectivity index (χ0) is 16.8. The van der Waals surface area contributed by atoms with Crippen LogP contribution in [0.5, 0.6) is 11.5 Å². The van der Waals surface area contributed by atoms with Crippen LogP contribution in [0.15, 0.2) is 42.5 Å². The van der Waals surface area contributed by atoms with E-state index < -0.39 is 0 Å². The average molecular weight is 351 g/mol. The van der Waals surface area contributed by atoms with E-state index in [9.17, 15) is 4.79 Å². The first-order valence-electron chi connectivity index (χ1n) is 7.47. The summed E-state index contributed by atoms with van der Waals surface area (Å²) in [5, 5.41) is 2.83. The van der Waals surface area contributed by atoms with Gasteiger partial charge in [0.15, 0.2) is 0 Å².